The first kappa shape index (κ1) is 15.9. The van der Waals surface area contributed by atoms with Gasteiger partial charge in [-0.25, -0.2) is 0 Å². The van der Waals surface area contributed by atoms with E-state index in [1.54, 1.807) is 25.3 Å². The van der Waals surface area contributed by atoms with Crippen molar-refractivity contribution >= 4 is 39.1 Å². The minimum absolute atomic E-state index is 0.0335. The molecule has 0 spiro atoms. The lowest BCUT2D eigenvalue weighted by Gasteiger charge is -2.08. The van der Waals surface area contributed by atoms with Crippen molar-refractivity contribution in [3.05, 3.63) is 57.5 Å². The Morgan fingerprint density at radius 2 is 1.95 bits per heavy atom. The quantitative estimate of drug-likeness (QED) is 0.832. The lowest BCUT2D eigenvalue weighted by Crippen LogP contribution is -2.12. The van der Waals surface area contributed by atoms with Crippen molar-refractivity contribution < 1.29 is 9.53 Å². The highest BCUT2D eigenvalue weighted by molar-refractivity contribution is 9.10. The number of amides is 1. The van der Waals surface area contributed by atoms with Gasteiger partial charge in [0, 0.05) is 15.9 Å². The number of methoxy groups -OCH3 is 1. The van der Waals surface area contributed by atoms with E-state index in [1.807, 2.05) is 24.3 Å². The molecule has 2 aromatic carbocycles. The Bertz CT molecular complexity index is 629. The first-order valence-corrected chi connectivity index (χ1v) is 7.63. The Hall–Kier alpha value is -1.52. The summed E-state index contributed by atoms with van der Waals surface area (Å²) in [5.41, 5.74) is 1.82. The Balaban J connectivity index is 1.89. The van der Waals surface area contributed by atoms with Crippen LogP contribution in [0, 0.1) is 0 Å². The van der Waals surface area contributed by atoms with Gasteiger partial charge in [0.15, 0.2) is 0 Å². The summed E-state index contributed by atoms with van der Waals surface area (Å²) in [7, 11) is 1.63. The summed E-state index contributed by atoms with van der Waals surface area (Å²) in [6, 6.07) is 13.0. The summed E-state index contributed by atoms with van der Waals surface area (Å²) in [6.07, 6.45) is 1.10. The van der Waals surface area contributed by atoms with E-state index < -0.39 is 0 Å². The molecule has 2 aromatic rings. The lowest BCUT2D eigenvalue weighted by molar-refractivity contribution is -0.116. The molecule has 3 nitrogen and oxygen atoms in total. The van der Waals surface area contributed by atoms with Gasteiger partial charge < -0.3 is 10.1 Å². The zero-order valence-electron chi connectivity index (χ0n) is 11.5. The van der Waals surface area contributed by atoms with Crippen LogP contribution in [0.4, 0.5) is 5.69 Å². The number of carbonyl (C=O) groups excluding carboxylic acids is 1. The second-order valence-corrected chi connectivity index (χ2v) is 5.81. The molecular formula is C16H15BrClNO2. The molecule has 0 aromatic heterocycles. The maximum absolute atomic E-state index is 12.0. The first-order chi connectivity index (χ1) is 10.1. The van der Waals surface area contributed by atoms with E-state index in [2.05, 4.69) is 21.2 Å². The molecule has 110 valence electrons. The monoisotopic (exact) mass is 367 g/mol. The van der Waals surface area contributed by atoms with Crippen LogP contribution < -0.4 is 10.1 Å². The van der Waals surface area contributed by atoms with Crippen LogP contribution in [-0.2, 0) is 11.2 Å². The third-order valence-electron chi connectivity index (χ3n) is 3.01. The minimum atomic E-state index is -0.0335. The van der Waals surface area contributed by atoms with Crippen LogP contribution in [0.15, 0.2) is 46.9 Å². The fourth-order valence-corrected chi connectivity index (χ4v) is 2.64. The van der Waals surface area contributed by atoms with E-state index in [0.29, 0.717) is 17.9 Å². The number of benzene rings is 2. The molecule has 0 saturated carbocycles. The Kier molecular flexibility index (Phi) is 5.65. The molecule has 0 heterocycles. The molecule has 0 aliphatic heterocycles. The maximum Gasteiger partial charge on any atom is 0.224 e. The molecule has 0 fully saturated rings. The van der Waals surface area contributed by atoms with Gasteiger partial charge in [0.2, 0.25) is 5.91 Å². The average Bonchev–Trinajstić information content (AvgIpc) is 2.48. The molecule has 0 unspecified atom stereocenters. The fourth-order valence-electron chi connectivity index (χ4n) is 1.85. The smallest absolute Gasteiger partial charge is 0.224 e. The molecule has 0 saturated heterocycles. The number of anilines is 1. The Morgan fingerprint density at radius 1 is 1.24 bits per heavy atom. The molecule has 1 N–H and O–H groups in total. The molecule has 5 heteroatoms. The number of aryl methyl sites for hydroxylation is 1. The summed E-state index contributed by atoms with van der Waals surface area (Å²) in [4.78, 5) is 12.0. The van der Waals surface area contributed by atoms with E-state index in [1.165, 1.54) is 0 Å². The molecule has 0 radical (unpaired) electrons. The van der Waals surface area contributed by atoms with Crippen LogP contribution in [0.25, 0.3) is 0 Å². The highest BCUT2D eigenvalue weighted by atomic mass is 79.9. The van der Waals surface area contributed by atoms with Gasteiger partial charge in [0.1, 0.15) is 5.75 Å². The van der Waals surface area contributed by atoms with Crippen molar-refractivity contribution in [2.45, 2.75) is 12.8 Å². The second kappa shape index (κ2) is 7.48. The van der Waals surface area contributed by atoms with Crippen LogP contribution in [-0.4, -0.2) is 13.0 Å². The third kappa shape index (κ3) is 4.76. The highest BCUT2D eigenvalue weighted by Crippen LogP contribution is 2.26. The average molecular weight is 369 g/mol. The van der Waals surface area contributed by atoms with E-state index in [0.717, 1.165) is 21.5 Å². The van der Waals surface area contributed by atoms with Gasteiger partial charge in [-0.2, -0.15) is 0 Å². The van der Waals surface area contributed by atoms with Crippen molar-refractivity contribution in [3.63, 3.8) is 0 Å². The zero-order valence-corrected chi connectivity index (χ0v) is 13.9. The largest absolute Gasteiger partial charge is 0.497 e. The van der Waals surface area contributed by atoms with Gasteiger partial charge in [-0.3, -0.25) is 4.79 Å². The van der Waals surface area contributed by atoms with Gasteiger partial charge in [0.05, 0.1) is 12.8 Å². The lowest BCUT2D eigenvalue weighted by atomic mass is 10.1. The number of nitrogens with one attached hydrogen (secondary N) is 1. The number of halogens is 2. The number of hydrogen-bond acceptors (Lipinski definition) is 2. The zero-order chi connectivity index (χ0) is 15.2. The van der Waals surface area contributed by atoms with E-state index >= 15 is 0 Å². The summed E-state index contributed by atoms with van der Waals surface area (Å²) in [5, 5.41) is 3.48. The van der Waals surface area contributed by atoms with Gasteiger partial charge in [-0.05, 0) is 58.2 Å². The van der Waals surface area contributed by atoms with Crippen LogP contribution in [0.1, 0.15) is 12.0 Å². The van der Waals surface area contributed by atoms with E-state index in [9.17, 15) is 4.79 Å². The van der Waals surface area contributed by atoms with Crippen molar-refractivity contribution in [1.29, 1.82) is 0 Å². The fraction of sp³-hybridized carbons (Fsp3) is 0.188. The number of ether oxygens (including phenoxy) is 1. The second-order valence-electron chi connectivity index (χ2n) is 4.52. The number of rotatable bonds is 5. The summed E-state index contributed by atoms with van der Waals surface area (Å²) in [6.45, 7) is 0. The van der Waals surface area contributed by atoms with Crippen molar-refractivity contribution in [1.82, 2.24) is 0 Å². The van der Waals surface area contributed by atoms with Crippen LogP contribution in [0.5, 0.6) is 5.75 Å². The summed E-state index contributed by atoms with van der Waals surface area (Å²) >= 11 is 9.24. The predicted molar refractivity (Wildman–Crippen MR) is 89.1 cm³/mol. The minimum Gasteiger partial charge on any atom is -0.497 e. The predicted octanol–water partition coefficient (Wildman–Crippen LogP) is 4.68. The summed E-state index contributed by atoms with van der Waals surface area (Å²) < 4.78 is 5.87. The van der Waals surface area contributed by atoms with Crippen LogP contribution >= 0.6 is 27.5 Å². The molecule has 0 bridgehead atoms. The molecule has 0 atom stereocenters. The molecule has 1 amide bonds. The van der Waals surface area contributed by atoms with Gasteiger partial charge in [0.25, 0.3) is 0 Å². The van der Waals surface area contributed by atoms with Crippen LogP contribution in [0.2, 0.25) is 5.02 Å². The molecule has 2 rings (SSSR count). The van der Waals surface area contributed by atoms with Crippen molar-refractivity contribution in [2.75, 3.05) is 12.4 Å². The molecule has 21 heavy (non-hydrogen) atoms. The van der Waals surface area contributed by atoms with Crippen molar-refractivity contribution in [2.24, 2.45) is 0 Å². The Labute approximate surface area is 137 Å². The summed E-state index contributed by atoms with van der Waals surface area (Å²) in [5.74, 6) is 0.780. The molecule has 0 aliphatic rings. The first-order valence-electron chi connectivity index (χ1n) is 6.46. The van der Waals surface area contributed by atoms with Gasteiger partial charge in [-0.15, -0.1) is 0 Å². The standard InChI is InChI=1S/C16H15BrClNO2/c1-21-13-6-2-11(3-7-13)4-9-16(20)19-15-8-5-12(18)10-14(15)17/h2-3,5-8,10H,4,9H2,1H3,(H,19,20). The topological polar surface area (TPSA) is 38.3 Å². The van der Waals surface area contributed by atoms with Gasteiger partial charge >= 0.3 is 0 Å². The molecular weight excluding hydrogens is 354 g/mol. The number of hydrogen-bond donors (Lipinski definition) is 1. The highest BCUT2D eigenvalue weighted by Gasteiger charge is 2.06. The number of carbonyl (C=O) groups is 1. The van der Waals surface area contributed by atoms with E-state index in [-0.39, 0.29) is 5.91 Å². The van der Waals surface area contributed by atoms with Crippen molar-refractivity contribution in [3.8, 4) is 5.75 Å². The van der Waals surface area contributed by atoms with E-state index in [4.69, 9.17) is 16.3 Å². The van der Waals surface area contributed by atoms with Crippen LogP contribution in [0.3, 0.4) is 0 Å². The molecule has 0 aliphatic carbocycles. The van der Waals surface area contributed by atoms with Gasteiger partial charge in [-0.1, -0.05) is 23.7 Å². The SMILES string of the molecule is COc1ccc(CCC(=O)Nc2ccc(Cl)cc2Br)cc1. The normalized spacial score (nSPS) is 10.2. The maximum atomic E-state index is 12.0. The Morgan fingerprint density at radius 3 is 2.57 bits per heavy atom. The third-order valence-corrected chi connectivity index (χ3v) is 3.90.